The number of ether oxygens (including phenoxy) is 5. The fourth-order valence-corrected chi connectivity index (χ4v) is 8.08. The Labute approximate surface area is 391 Å². The molecule has 0 aliphatic carbocycles. The molecule has 20 heteroatoms. The maximum atomic E-state index is 12.6. The summed E-state index contributed by atoms with van der Waals surface area (Å²) >= 11 is 0. The van der Waals surface area contributed by atoms with Gasteiger partial charge in [0.15, 0.2) is 12.1 Å². The van der Waals surface area contributed by atoms with Crippen molar-refractivity contribution in [3.8, 4) is 0 Å². The molecule has 0 amide bonds. The molecule has 0 aromatic heterocycles. The topological polar surface area (TPSA) is 331 Å². The van der Waals surface area contributed by atoms with Crippen molar-refractivity contribution in [1.29, 1.82) is 0 Å². The Balaban J connectivity index is 1.90. The largest absolute Gasteiger partial charge is 0.481 e. The standard InChI is InChI=1S/C47H71N3O17/c1-28-17-15-13-11-9-7-5-6-8-10-12-14-16-18-34(66-46-44(60)42(49-50-48)38(57)27-64-46)24-39-41(45(61)62)37(56)26-47(63-4,67-39)25-33(53)22-36(55)35(54)20-19-31(51)21-32(52)23-40(58)65-30(3)29(2)43(28)59/h5-18,28-39,41-44,46,51-57,59-60H,19-27H2,1-4H3,(H,61,62)/b6-5+,9-7+,10-8+,13-11+,14-12+,17-15+,18-16+/t28-,29-,30-,31?,32?,33?,34?,35?,36?,37-,38+,39-,41?,42?,43+,44+,46?,47?/m0/s1. The van der Waals surface area contributed by atoms with E-state index in [0.717, 1.165) is 0 Å². The fourth-order valence-electron chi connectivity index (χ4n) is 8.08. The van der Waals surface area contributed by atoms with Gasteiger partial charge in [-0.15, -0.1) is 0 Å². The molecule has 10 unspecified atom stereocenters. The molecule has 20 nitrogen and oxygen atoms in total. The van der Waals surface area contributed by atoms with E-state index in [1.54, 1.807) is 86.8 Å². The third kappa shape index (κ3) is 19.1. The summed E-state index contributed by atoms with van der Waals surface area (Å²) in [4.78, 5) is 27.9. The second-order valence-corrected chi connectivity index (χ2v) is 17.4. The van der Waals surface area contributed by atoms with Crippen LogP contribution in [0.5, 0.6) is 0 Å². The van der Waals surface area contributed by atoms with E-state index in [-0.39, 0.29) is 38.2 Å². The zero-order chi connectivity index (χ0) is 49.7. The van der Waals surface area contributed by atoms with Crippen molar-refractivity contribution in [2.24, 2.45) is 22.9 Å². The number of carboxylic acids is 1. The number of hydrogen-bond acceptors (Lipinski definition) is 17. The lowest BCUT2D eigenvalue weighted by Gasteiger charge is -2.46. The van der Waals surface area contributed by atoms with Gasteiger partial charge in [-0.2, -0.15) is 0 Å². The van der Waals surface area contributed by atoms with Crippen LogP contribution in [0.3, 0.4) is 0 Å². The van der Waals surface area contributed by atoms with Gasteiger partial charge in [-0.05, 0) is 31.7 Å². The van der Waals surface area contributed by atoms with Crippen LogP contribution in [0.4, 0.5) is 0 Å². The molecule has 0 aromatic carbocycles. The van der Waals surface area contributed by atoms with Gasteiger partial charge in [0.05, 0.1) is 80.1 Å². The van der Waals surface area contributed by atoms with Crippen molar-refractivity contribution in [3.63, 3.8) is 0 Å². The van der Waals surface area contributed by atoms with Crippen molar-refractivity contribution < 1.29 is 84.3 Å². The molecule has 3 heterocycles. The number of nitrogens with zero attached hydrogens (tertiary/aromatic N) is 3. The van der Waals surface area contributed by atoms with Crippen LogP contribution in [-0.4, -0.2) is 168 Å². The summed E-state index contributed by atoms with van der Waals surface area (Å²) in [6.07, 6.45) is 4.85. The Morgan fingerprint density at radius 1 is 0.731 bits per heavy atom. The van der Waals surface area contributed by atoms with E-state index in [1.807, 2.05) is 13.0 Å². The molecule has 2 bridgehead atoms. The van der Waals surface area contributed by atoms with Crippen molar-refractivity contribution in [2.45, 2.75) is 164 Å². The lowest BCUT2D eigenvalue weighted by atomic mass is 9.82. The molecule has 3 rings (SSSR count). The number of methoxy groups -OCH3 is 1. The van der Waals surface area contributed by atoms with Gasteiger partial charge >= 0.3 is 11.9 Å². The molecule has 376 valence electrons. The predicted octanol–water partition coefficient (Wildman–Crippen LogP) is 2.33. The van der Waals surface area contributed by atoms with E-state index in [0.29, 0.717) is 0 Å². The van der Waals surface area contributed by atoms with Gasteiger partial charge in [-0.25, -0.2) is 0 Å². The summed E-state index contributed by atoms with van der Waals surface area (Å²) in [6, 6.07) is -1.33. The minimum Gasteiger partial charge on any atom is -0.481 e. The number of fused-ring (bicyclic) bond motifs is 2. The van der Waals surface area contributed by atoms with Gasteiger partial charge in [0.2, 0.25) is 0 Å². The molecule has 2 saturated heterocycles. The van der Waals surface area contributed by atoms with Gasteiger partial charge in [0.25, 0.3) is 0 Å². The van der Waals surface area contributed by atoms with Crippen LogP contribution >= 0.6 is 0 Å². The maximum Gasteiger partial charge on any atom is 0.311 e. The maximum absolute atomic E-state index is 12.6. The first-order valence-corrected chi connectivity index (χ1v) is 22.6. The van der Waals surface area contributed by atoms with E-state index >= 15 is 0 Å². The number of allylic oxidation sites excluding steroid dienone is 12. The molecule has 18 atom stereocenters. The second kappa shape index (κ2) is 29.1. The highest BCUT2D eigenvalue weighted by atomic mass is 16.7. The Morgan fingerprint density at radius 3 is 1.91 bits per heavy atom. The number of carbonyl (C=O) groups is 2. The fraction of sp³-hybridized carbons (Fsp3) is 0.660. The summed E-state index contributed by atoms with van der Waals surface area (Å²) in [7, 11) is 1.23. The van der Waals surface area contributed by atoms with Crippen molar-refractivity contribution in [3.05, 3.63) is 95.5 Å². The molecule has 3 aliphatic rings. The highest BCUT2D eigenvalue weighted by molar-refractivity contribution is 5.71. The molecule has 0 saturated carbocycles. The Morgan fingerprint density at radius 2 is 1.33 bits per heavy atom. The van der Waals surface area contributed by atoms with E-state index in [2.05, 4.69) is 10.0 Å². The van der Waals surface area contributed by atoms with E-state index in [1.165, 1.54) is 13.2 Å². The molecule has 0 radical (unpaired) electrons. The lowest BCUT2D eigenvalue weighted by Crippen LogP contribution is -2.57. The van der Waals surface area contributed by atoms with Crippen molar-refractivity contribution in [2.75, 3.05) is 13.7 Å². The number of carboxylic acid groups (broad SMARTS) is 1. The summed E-state index contributed by atoms with van der Waals surface area (Å²) in [5.74, 6) is -6.24. The minimum atomic E-state index is -1.82. The molecule has 2 fully saturated rings. The van der Waals surface area contributed by atoms with Crippen LogP contribution in [0.15, 0.2) is 90.2 Å². The Kier molecular flexibility index (Phi) is 24.8. The first kappa shape index (κ1) is 57.2. The number of rotatable bonds is 5. The number of esters is 1. The lowest BCUT2D eigenvalue weighted by molar-refractivity contribution is -0.315. The summed E-state index contributed by atoms with van der Waals surface area (Å²) in [6.45, 7) is 4.85. The molecule has 67 heavy (non-hydrogen) atoms. The number of aliphatic carboxylic acids is 1. The molecular weight excluding hydrogens is 879 g/mol. The minimum absolute atomic E-state index is 0.0938. The van der Waals surface area contributed by atoms with Gasteiger partial charge in [-0.3, -0.25) is 9.59 Å². The van der Waals surface area contributed by atoms with Gasteiger partial charge in [-0.1, -0.05) is 104 Å². The van der Waals surface area contributed by atoms with Crippen LogP contribution in [0.25, 0.3) is 10.4 Å². The van der Waals surface area contributed by atoms with Crippen LogP contribution in [0.1, 0.15) is 72.1 Å². The number of carbonyl (C=O) groups excluding carboxylic acids is 1. The van der Waals surface area contributed by atoms with Crippen LogP contribution in [-0.2, 0) is 33.3 Å². The molecule has 10 N–H and O–H groups in total. The number of hydrogen-bond donors (Lipinski definition) is 10. The molecule has 0 aromatic rings. The summed E-state index contributed by atoms with van der Waals surface area (Å²) in [5.41, 5.74) is 9.01. The van der Waals surface area contributed by atoms with E-state index < -0.39 is 141 Å². The van der Waals surface area contributed by atoms with Crippen molar-refractivity contribution in [1.82, 2.24) is 0 Å². The Bertz CT molecular complexity index is 1780. The number of azide groups is 1. The third-order valence-electron chi connectivity index (χ3n) is 12.1. The second-order valence-electron chi connectivity index (χ2n) is 17.4. The quantitative estimate of drug-likeness (QED) is 0.0818. The van der Waals surface area contributed by atoms with Crippen molar-refractivity contribution >= 4 is 11.9 Å². The van der Waals surface area contributed by atoms with E-state index in [4.69, 9.17) is 29.2 Å². The SMILES string of the molecule is COC12CC(O)CC(O)C(O)CCC(O)CC(O)CC(=O)O[C@@H](C)[C@H](C)[C@H](O)[C@@H](C)/C=C/C=C/C=C/C=C/C=C/C=C/C=C/C(OC3OC[C@@H](O)C(N=[N+]=[N-])[C@H]3O)C[C@H](O1)C(C(=O)O)[C@@H](O)C2. The molecule has 3 aliphatic heterocycles. The molecule has 0 spiro atoms. The number of aliphatic hydroxyl groups is 9. The zero-order valence-electron chi connectivity index (χ0n) is 38.4. The van der Waals surface area contributed by atoms with Gasteiger partial charge < -0.3 is 74.7 Å². The summed E-state index contributed by atoms with van der Waals surface area (Å²) < 4.78 is 29.0. The third-order valence-corrected chi connectivity index (χ3v) is 12.1. The van der Waals surface area contributed by atoms with Crippen LogP contribution in [0, 0.1) is 17.8 Å². The molecular formula is C47H71N3O17. The first-order valence-electron chi connectivity index (χ1n) is 22.6. The summed E-state index contributed by atoms with van der Waals surface area (Å²) in [5, 5.41) is 111. The van der Waals surface area contributed by atoms with Crippen LogP contribution < -0.4 is 0 Å². The predicted molar refractivity (Wildman–Crippen MR) is 242 cm³/mol. The smallest absolute Gasteiger partial charge is 0.311 e. The van der Waals surface area contributed by atoms with Gasteiger partial charge in [0, 0.05) is 49.5 Å². The van der Waals surface area contributed by atoms with Crippen LogP contribution in [0.2, 0.25) is 0 Å². The van der Waals surface area contributed by atoms with Gasteiger partial charge in [0.1, 0.15) is 18.1 Å². The normalized spacial score (nSPS) is 43.2. The average molecular weight is 950 g/mol. The zero-order valence-corrected chi connectivity index (χ0v) is 38.4. The number of cyclic esters (lactones) is 1. The Hall–Kier alpha value is -4.09. The number of aliphatic hydroxyl groups excluding tert-OH is 9. The first-order chi connectivity index (χ1) is 31.8. The highest BCUT2D eigenvalue weighted by Gasteiger charge is 2.52. The average Bonchev–Trinajstić information content (AvgIpc) is 3.26. The highest BCUT2D eigenvalue weighted by Crippen LogP contribution is 2.40. The van der Waals surface area contributed by atoms with E-state index in [9.17, 15) is 60.7 Å². The monoisotopic (exact) mass is 949 g/mol.